The fraction of sp³-hybridized carbons (Fsp3) is 0.0233. The van der Waals surface area contributed by atoms with Crippen molar-refractivity contribution in [2.75, 3.05) is 0 Å². The van der Waals surface area contributed by atoms with Crippen molar-refractivity contribution in [2.45, 2.75) is 6.92 Å². The summed E-state index contributed by atoms with van der Waals surface area (Å²) in [6.07, 6.45) is 0. The zero-order valence-electron chi connectivity index (χ0n) is 27.8. The zero-order valence-corrected chi connectivity index (χ0v) is 27.8. The monoisotopic (exact) mass is 711 g/mol. The Hall–Kier alpha value is -6.35. The number of fused-ring (bicyclic) bond motifs is 13. The second kappa shape index (κ2) is 8.55. The van der Waals surface area contributed by atoms with Crippen LogP contribution < -0.4 is 32.8 Å². The molecule has 0 radical (unpaired) electrons. The first-order valence-electron chi connectivity index (χ1n) is 17.7. The van der Waals surface area contributed by atoms with Crippen LogP contribution in [0.3, 0.4) is 0 Å². The second-order valence-corrected chi connectivity index (χ2v) is 15.3. The molecule has 4 aliphatic rings. The van der Waals surface area contributed by atoms with Crippen molar-refractivity contribution >= 4 is 112 Å². The van der Waals surface area contributed by atoms with E-state index in [1.165, 1.54) is 72.8 Å². The molecule has 10 aromatic rings. The molecule has 7 heterocycles. The van der Waals surface area contributed by atoms with Crippen LogP contribution in [0.5, 0.6) is 0 Å². The molecular weight excluding hydrogens is 694 g/mol. The van der Waals surface area contributed by atoms with E-state index in [-0.39, 0.29) is 0 Å². The maximum atomic E-state index is 16.1. The molecule has 0 fully saturated rings. The van der Waals surface area contributed by atoms with Crippen LogP contribution in [0.1, 0.15) is 5.56 Å². The van der Waals surface area contributed by atoms with Gasteiger partial charge in [0.25, 0.3) is 13.4 Å². The van der Waals surface area contributed by atoms with Gasteiger partial charge in [0.15, 0.2) is 0 Å². The largest absolute Gasteiger partial charge is 0.311 e. The van der Waals surface area contributed by atoms with Gasteiger partial charge in [-0.25, -0.2) is 26.3 Å². The lowest BCUT2D eigenvalue weighted by atomic mass is 9.29. The number of hydrogen-bond acceptors (Lipinski definition) is 0. The summed E-state index contributed by atoms with van der Waals surface area (Å²) in [5.74, 6) is -2.96. The molecule has 0 amide bonds. The molecule has 7 aromatic carbocycles. The number of benzene rings is 7. The van der Waals surface area contributed by atoms with E-state index >= 15 is 26.3 Å². The summed E-state index contributed by atoms with van der Waals surface area (Å²) in [6, 6.07) is 20.7. The quantitative estimate of drug-likeness (QED) is 0.128. The van der Waals surface area contributed by atoms with Gasteiger partial charge in [-0.2, -0.15) is 0 Å². The summed E-state index contributed by atoms with van der Waals surface area (Å²) in [5.41, 5.74) is 11.3. The Bertz CT molecular complexity index is 3380. The Labute approximate surface area is 300 Å². The van der Waals surface area contributed by atoms with Gasteiger partial charge >= 0.3 is 0 Å². The van der Waals surface area contributed by atoms with E-state index in [4.69, 9.17) is 0 Å². The number of hydrogen-bond donors (Lipinski definition) is 0. The van der Waals surface area contributed by atoms with Gasteiger partial charge in [0, 0.05) is 71.4 Å². The number of nitrogens with zero attached hydrogens (tertiary/aromatic N) is 3. The molecule has 252 valence electrons. The lowest BCUT2D eigenvalue weighted by molar-refractivity contribution is 0.629. The van der Waals surface area contributed by atoms with Gasteiger partial charge in [-0.1, -0.05) is 0 Å². The Morgan fingerprint density at radius 1 is 0.370 bits per heavy atom. The molecule has 3 nitrogen and oxygen atoms in total. The average molecular weight is 711 g/mol. The maximum absolute atomic E-state index is 16.1. The normalized spacial score (nSPS) is 14.1. The molecule has 0 saturated heterocycles. The maximum Gasteiger partial charge on any atom is 0.252 e. The molecule has 14 rings (SSSR count). The topological polar surface area (TPSA) is 14.8 Å². The highest BCUT2D eigenvalue weighted by Gasteiger charge is 2.50. The summed E-state index contributed by atoms with van der Waals surface area (Å²) < 4.78 is 100. The third kappa shape index (κ3) is 2.82. The standard InChI is InChI=1S/C43H17B2F6N3/c1-16-37-35-43-36-38(16)53-34-5-3-18(47)7-24(34)26-9-20(49)13-30(40(26)53)45(36)32-15-22(51)11-28-27-10-21(50)14-31(41(27)54(43)42(28)32)44(35)29-12-19(48)8-25-23-6-17(46)2-4-33(23)52(37)39(25)29/h2-15H,1H3. The van der Waals surface area contributed by atoms with E-state index in [0.29, 0.717) is 87.3 Å². The van der Waals surface area contributed by atoms with E-state index in [2.05, 4.69) is 13.7 Å². The number of halogens is 6. The van der Waals surface area contributed by atoms with Crippen molar-refractivity contribution in [1.29, 1.82) is 0 Å². The molecule has 0 bridgehead atoms. The predicted octanol–water partition coefficient (Wildman–Crippen LogP) is 6.41. The van der Waals surface area contributed by atoms with Gasteiger partial charge in [0.2, 0.25) is 0 Å². The van der Waals surface area contributed by atoms with Crippen molar-refractivity contribution in [2.24, 2.45) is 0 Å². The van der Waals surface area contributed by atoms with Crippen LogP contribution in [0, 0.1) is 41.8 Å². The molecule has 4 aliphatic heterocycles. The lowest BCUT2D eigenvalue weighted by Gasteiger charge is -2.42. The van der Waals surface area contributed by atoms with Crippen molar-refractivity contribution in [1.82, 2.24) is 13.7 Å². The smallest absolute Gasteiger partial charge is 0.252 e. The molecule has 0 N–H and O–H groups in total. The van der Waals surface area contributed by atoms with Gasteiger partial charge in [-0.3, -0.25) is 0 Å². The molecule has 11 heteroatoms. The van der Waals surface area contributed by atoms with E-state index < -0.39 is 48.3 Å². The molecule has 3 aromatic heterocycles. The molecule has 54 heavy (non-hydrogen) atoms. The first kappa shape index (κ1) is 28.2. The van der Waals surface area contributed by atoms with Crippen LogP contribution in [-0.2, 0) is 0 Å². The molecule has 0 unspecified atom stereocenters. The van der Waals surface area contributed by atoms with E-state index in [1.807, 2.05) is 6.92 Å². The highest BCUT2D eigenvalue weighted by molar-refractivity contribution is 7.04. The number of aromatic nitrogens is 3. The SMILES string of the molecule is Cc1c2c3c4c5c1-n1c6ccc(F)cc6c6cc(F)cc(c61)B5c1cc(F)cc5c6cc(F)cc(c6n-4c15)B3c1cc(F)cc3c4cc(F)ccc4n-2c13. The fourth-order valence-corrected chi connectivity index (χ4v) is 11.3. The fourth-order valence-electron chi connectivity index (χ4n) is 11.3. The first-order chi connectivity index (χ1) is 26.2. The van der Waals surface area contributed by atoms with Crippen molar-refractivity contribution in [3.05, 3.63) is 125 Å². The van der Waals surface area contributed by atoms with Crippen LogP contribution >= 0.6 is 0 Å². The van der Waals surface area contributed by atoms with Crippen molar-refractivity contribution < 1.29 is 26.3 Å². The van der Waals surface area contributed by atoms with Crippen LogP contribution in [0.2, 0.25) is 0 Å². The average Bonchev–Trinajstić information content (AvgIpc) is 3.75. The lowest BCUT2D eigenvalue weighted by Crippen LogP contribution is -2.67. The van der Waals surface area contributed by atoms with Gasteiger partial charge < -0.3 is 13.7 Å². The Morgan fingerprint density at radius 2 is 0.704 bits per heavy atom. The summed E-state index contributed by atoms with van der Waals surface area (Å²) in [6.45, 7) is 0.681. The molecule has 0 spiro atoms. The van der Waals surface area contributed by atoms with Gasteiger partial charge in [-0.05, 0) is 130 Å². The third-order valence-electron chi connectivity index (χ3n) is 12.8. The minimum Gasteiger partial charge on any atom is -0.311 e. The predicted molar refractivity (Wildman–Crippen MR) is 203 cm³/mol. The second-order valence-electron chi connectivity index (χ2n) is 15.3. The van der Waals surface area contributed by atoms with E-state index in [0.717, 1.165) is 33.6 Å². The Morgan fingerprint density at radius 3 is 1.09 bits per heavy atom. The van der Waals surface area contributed by atoms with Gasteiger partial charge in [0.05, 0.1) is 11.0 Å². The minimum atomic E-state index is -0.662. The van der Waals surface area contributed by atoms with Crippen molar-refractivity contribution in [3.63, 3.8) is 0 Å². The van der Waals surface area contributed by atoms with Crippen LogP contribution in [-0.4, -0.2) is 27.1 Å². The van der Waals surface area contributed by atoms with E-state index in [1.54, 1.807) is 12.1 Å². The third-order valence-corrected chi connectivity index (χ3v) is 12.8. The highest BCUT2D eigenvalue weighted by atomic mass is 19.1. The van der Waals surface area contributed by atoms with Crippen molar-refractivity contribution in [3.8, 4) is 17.1 Å². The molecular formula is C43H17B2F6N3. The first-order valence-corrected chi connectivity index (χ1v) is 17.7. The molecule has 0 aliphatic carbocycles. The summed E-state index contributed by atoms with van der Waals surface area (Å²) in [5, 5.41) is 3.18. The van der Waals surface area contributed by atoms with Gasteiger partial charge in [0.1, 0.15) is 34.9 Å². The van der Waals surface area contributed by atoms with Crippen LogP contribution in [0.25, 0.3) is 82.5 Å². The highest BCUT2D eigenvalue weighted by Crippen LogP contribution is 2.45. The number of rotatable bonds is 0. The van der Waals surface area contributed by atoms with E-state index in [9.17, 15) is 0 Å². The Kier molecular flexibility index (Phi) is 4.46. The van der Waals surface area contributed by atoms with Crippen LogP contribution in [0.4, 0.5) is 26.3 Å². The summed E-state index contributed by atoms with van der Waals surface area (Å²) >= 11 is 0. The minimum absolute atomic E-state index is 0.459. The zero-order chi connectivity index (χ0) is 36.0. The summed E-state index contributed by atoms with van der Waals surface area (Å²) in [4.78, 5) is 0. The Balaban J connectivity index is 1.33. The van der Waals surface area contributed by atoms with Gasteiger partial charge in [-0.15, -0.1) is 0 Å². The molecule has 0 saturated carbocycles. The summed E-state index contributed by atoms with van der Waals surface area (Å²) in [7, 11) is 0. The van der Waals surface area contributed by atoms with Crippen LogP contribution in [0.15, 0.2) is 84.9 Å². The molecule has 0 atom stereocenters.